The molecule has 0 radical (unpaired) electrons. The molecule has 2 atom stereocenters. The normalized spacial score (nSPS) is 35.8. The Labute approximate surface area is 198 Å². The second kappa shape index (κ2) is 11.6. The van der Waals surface area contributed by atoms with E-state index in [4.69, 9.17) is 19.2 Å². The molecule has 4 heteroatoms. The average Bonchev–Trinajstić information content (AvgIpc) is 2.67. The van der Waals surface area contributed by atoms with Crippen LogP contribution in [0, 0.1) is 22.7 Å². The molecule has 0 N–H and O–H groups in total. The van der Waals surface area contributed by atoms with Crippen LogP contribution in [0.1, 0.15) is 107 Å². The van der Waals surface area contributed by atoms with Gasteiger partial charge in [-0.2, -0.15) is 0 Å². The van der Waals surface area contributed by atoms with Crippen molar-refractivity contribution < 1.29 is 14.2 Å². The average molecular weight is 450 g/mol. The van der Waals surface area contributed by atoms with Crippen LogP contribution >= 0.6 is 0 Å². The Kier molecular flexibility index (Phi) is 10.00. The molecule has 1 aliphatic carbocycles. The third-order valence-electron chi connectivity index (χ3n) is 7.09. The van der Waals surface area contributed by atoms with Crippen LogP contribution in [0.3, 0.4) is 0 Å². The van der Waals surface area contributed by atoms with E-state index in [9.17, 15) is 0 Å². The van der Waals surface area contributed by atoms with Gasteiger partial charge in [0, 0.05) is 18.1 Å². The number of allylic oxidation sites excluding steroid dienone is 2. The van der Waals surface area contributed by atoms with Crippen molar-refractivity contribution >= 4 is 5.71 Å². The van der Waals surface area contributed by atoms with E-state index in [-0.39, 0.29) is 5.41 Å². The van der Waals surface area contributed by atoms with Crippen LogP contribution in [0.15, 0.2) is 16.6 Å². The summed E-state index contributed by atoms with van der Waals surface area (Å²) in [5.41, 5.74) is 3.42. The van der Waals surface area contributed by atoms with Crippen molar-refractivity contribution in [2.24, 2.45) is 27.7 Å². The van der Waals surface area contributed by atoms with Crippen molar-refractivity contribution in [3.8, 4) is 0 Å². The summed E-state index contributed by atoms with van der Waals surface area (Å²) < 4.78 is 16.2. The van der Waals surface area contributed by atoms with E-state index < -0.39 is 5.97 Å². The number of fused-ring (bicyclic) bond motifs is 3. The molecule has 0 spiro atoms. The molecule has 2 bridgehead atoms. The highest BCUT2D eigenvalue weighted by Crippen LogP contribution is 2.41. The minimum absolute atomic E-state index is 0.137. The van der Waals surface area contributed by atoms with Gasteiger partial charge in [-0.15, -0.1) is 0 Å². The first-order valence-electron chi connectivity index (χ1n) is 13.0. The van der Waals surface area contributed by atoms with Crippen LogP contribution in [0.2, 0.25) is 0 Å². The second-order valence-electron chi connectivity index (χ2n) is 12.0. The minimum Gasteiger partial charge on any atom is -0.327 e. The molecule has 0 amide bonds. The first-order valence-corrected chi connectivity index (χ1v) is 13.0. The summed E-state index contributed by atoms with van der Waals surface area (Å²) in [7, 11) is 0. The molecule has 32 heavy (non-hydrogen) atoms. The summed E-state index contributed by atoms with van der Waals surface area (Å²) in [5, 5.41) is 0. The van der Waals surface area contributed by atoms with Crippen LogP contribution in [0.25, 0.3) is 0 Å². The molecule has 186 valence electrons. The number of hydrogen-bond donors (Lipinski definition) is 0. The molecule has 4 nitrogen and oxygen atoms in total. The van der Waals surface area contributed by atoms with Crippen LogP contribution in [0.5, 0.6) is 0 Å². The van der Waals surface area contributed by atoms with E-state index in [1.54, 1.807) is 5.57 Å². The largest absolute Gasteiger partial charge is 0.327 e. The van der Waals surface area contributed by atoms with E-state index in [0.717, 1.165) is 44.5 Å². The first-order chi connectivity index (χ1) is 14.9. The summed E-state index contributed by atoms with van der Waals surface area (Å²) in [5.74, 6) is 0.740. The molecule has 2 unspecified atom stereocenters. The van der Waals surface area contributed by atoms with Gasteiger partial charge in [0.15, 0.2) is 0 Å². The minimum atomic E-state index is -0.739. The molecule has 0 aromatic carbocycles. The Hall–Kier alpha value is -0.710. The number of rotatable bonds is 7. The molecule has 0 aromatic heterocycles. The predicted molar refractivity (Wildman–Crippen MR) is 135 cm³/mol. The van der Waals surface area contributed by atoms with Crippen LogP contribution < -0.4 is 0 Å². The molecule has 3 aliphatic heterocycles. The fourth-order valence-corrected chi connectivity index (χ4v) is 5.39. The first kappa shape index (κ1) is 27.5. The van der Waals surface area contributed by atoms with E-state index in [1.165, 1.54) is 37.8 Å². The summed E-state index contributed by atoms with van der Waals surface area (Å²) >= 11 is 0. The molecule has 4 rings (SSSR count). The molecule has 4 aliphatic rings. The fourth-order valence-electron chi connectivity index (χ4n) is 5.39. The van der Waals surface area contributed by atoms with Gasteiger partial charge in [0.05, 0.1) is 25.9 Å². The van der Waals surface area contributed by atoms with Crippen molar-refractivity contribution in [2.45, 2.75) is 119 Å². The third kappa shape index (κ3) is 8.57. The van der Waals surface area contributed by atoms with Crippen molar-refractivity contribution in [3.05, 3.63) is 11.6 Å². The Morgan fingerprint density at radius 2 is 1.53 bits per heavy atom. The van der Waals surface area contributed by atoms with Crippen molar-refractivity contribution in [2.75, 3.05) is 19.8 Å². The SMILES string of the molecule is C/C(=C\C1(C)CCCC(/N=C(\C)CC(C)C)C1)CC(C)C.CCC12COC(C)(OC1)OC2. The highest BCUT2D eigenvalue weighted by molar-refractivity contribution is 5.82. The highest BCUT2D eigenvalue weighted by Gasteiger charge is 2.48. The van der Waals surface area contributed by atoms with Gasteiger partial charge in [0.25, 0.3) is 5.97 Å². The van der Waals surface area contributed by atoms with E-state index >= 15 is 0 Å². The fraction of sp³-hybridized carbons (Fsp3) is 0.893. The Morgan fingerprint density at radius 3 is 2.03 bits per heavy atom. The molecule has 0 aromatic rings. The number of aliphatic imine (C=N–C) groups is 1. The number of ether oxygens (including phenoxy) is 3. The number of nitrogens with zero attached hydrogens (tertiary/aromatic N) is 1. The monoisotopic (exact) mass is 449 g/mol. The Balaban J connectivity index is 0.000000273. The van der Waals surface area contributed by atoms with Gasteiger partial charge < -0.3 is 14.2 Å². The maximum Gasteiger partial charge on any atom is 0.279 e. The van der Waals surface area contributed by atoms with Gasteiger partial charge in [-0.1, -0.05) is 59.6 Å². The maximum atomic E-state index is 5.41. The third-order valence-corrected chi connectivity index (χ3v) is 7.09. The lowest BCUT2D eigenvalue weighted by Gasteiger charge is -2.50. The smallest absolute Gasteiger partial charge is 0.279 e. The van der Waals surface area contributed by atoms with Crippen LogP contribution in [0.4, 0.5) is 0 Å². The van der Waals surface area contributed by atoms with E-state index in [0.29, 0.717) is 11.5 Å². The summed E-state index contributed by atoms with van der Waals surface area (Å²) in [6.07, 6.45) is 11.2. The lowest BCUT2D eigenvalue weighted by Crippen LogP contribution is -2.58. The zero-order chi connectivity index (χ0) is 24.0. The zero-order valence-corrected chi connectivity index (χ0v) is 22.6. The van der Waals surface area contributed by atoms with Gasteiger partial charge in [-0.05, 0) is 69.6 Å². The molecule has 3 saturated heterocycles. The van der Waals surface area contributed by atoms with Crippen LogP contribution in [-0.4, -0.2) is 37.5 Å². The standard InChI is InChI=1S/C20H37N.C8H14O3/c1-15(2)11-17(5)13-20(7)10-8-9-19(14-20)21-18(6)12-16(3)4;1-3-8-4-9-7(2,10-5-8)11-6-8/h13,15-16,19H,8-12,14H2,1-7H3;3-6H2,1-2H3/b17-13+,21-18+;. The summed E-state index contributed by atoms with van der Waals surface area (Å²) in [6, 6.07) is 0.547. The van der Waals surface area contributed by atoms with E-state index in [2.05, 4.69) is 61.5 Å². The maximum absolute atomic E-state index is 5.41. The predicted octanol–water partition coefficient (Wildman–Crippen LogP) is 7.57. The highest BCUT2D eigenvalue weighted by atomic mass is 16.9. The Bertz CT molecular complexity index is 627. The number of hydrogen-bond acceptors (Lipinski definition) is 4. The van der Waals surface area contributed by atoms with Gasteiger partial charge in [-0.3, -0.25) is 4.99 Å². The topological polar surface area (TPSA) is 40.0 Å². The van der Waals surface area contributed by atoms with Gasteiger partial charge in [-0.25, -0.2) is 0 Å². The summed E-state index contributed by atoms with van der Waals surface area (Å²) in [6.45, 7) is 22.4. The van der Waals surface area contributed by atoms with Gasteiger partial charge in [0.2, 0.25) is 0 Å². The molecular weight excluding hydrogens is 398 g/mol. The van der Waals surface area contributed by atoms with Crippen molar-refractivity contribution in [1.29, 1.82) is 0 Å². The van der Waals surface area contributed by atoms with Crippen molar-refractivity contribution in [1.82, 2.24) is 0 Å². The summed E-state index contributed by atoms with van der Waals surface area (Å²) in [4.78, 5) is 5.03. The zero-order valence-electron chi connectivity index (χ0n) is 22.6. The molecule has 1 saturated carbocycles. The van der Waals surface area contributed by atoms with Gasteiger partial charge >= 0.3 is 0 Å². The molecule has 4 fully saturated rings. The molecular formula is C28H51NO3. The second-order valence-corrected chi connectivity index (χ2v) is 12.0. The van der Waals surface area contributed by atoms with Gasteiger partial charge in [0.1, 0.15) is 0 Å². The van der Waals surface area contributed by atoms with Crippen molar-refractivity contribution in [3.63, 3.8) is 0 Å². The Morgan fingerprint density at radius 1 is 0.969 bits per heavy atom. The molecule has 3 heterocycles. The lowest BCUT2D eigenvalue weighted by molar-refractivity contribution is -0.459. The lowest BCUT2D eigenvalue weighted by atomic mass is 9.72. The quantitative estimate of drug-likeness (QED) is 0.297. The van der Waals surface area contributed by atoms with E-state index in [1.807, 2.05) is 6.92 Å². The van der Waals surface area contributed by atoms with Crippen LogP contribution in [-0.2, 0) is 14.2 Å².